The van der Waals surface area contributed by atoms with Crippen LogP contribution in [-0.4, -0.2) is 73.6 Å². The number of halogens is 1. The number of aryl methyl sites for hydroxylation is 2. The van der Waals surface area contributed by atoms with Gasteiger partial charge in [0.25, 0.3) is 5.91 Å². The maximum atomic E-state index is 13.3. The van der Waals surface area contributed by atoms with Crippen molar-refractivity contribution in [3.63, 3.8) is 0 Å². The first-order valence-electron chi connectivity index (χ1n) is 24.3. The molecule has 0 aliphatic carbocycles. The molecule has 0 unspecified atom stereocenters. The zero-order valence-electron chi connectivity index (χ0n) is 43.8. The summed E-state index contributed by atoms with van der Waals surface area (Å²) in [5.74, 6) is 2.69. The second-order valence-electron chi connectivity index (χ2n) is 16.3. The van der Waals surface area contributed by atoms with Crippen LogP contribution in [0.4, 0.5) is 27.4 Å². The first-order chi connectivity index (χ1) is 32.3. The number of benzene rings is 2. The van der Waals surface area contributed by atoms with Crippen molar-refractivity contribution in [2.45, 2.75) is 149 Å². The summed E-state index contributed by atoms with van der Waals surface area (Å²) in [6, 6.07) is 17.8. The summed E-state index contributed by atoms with van der Waals surface area (Å²) in [7, 11) is 0. The van der Waals surface area contributed by atoms with Gasteiger partial charge in [0.15, 0.2) is 5.13 Å². The van der Waals surface area contributed by atoms with Crippen LogP contribution < -0.4 is 21.3 Å². The Labute approximate surface area is 414 Å². The maximum Gasteiger partial charge on any atom is 0.257 e. The van der Waals surface area contributed by atoms with E-state index in [2.05, 4.69) is 104 Å². The lowest BCUT2D eigenvalue weighted by atomic mass is 9.93. The lowest BCUT2D eigenvalue weighted by Gasteiger charge is -2.14. The third-order valence-electron chi connectivity index (χ3n) is 9.24. The van der Waals surface area contributed by atoms with E-state index in [0.717, 1.165) is 92.0 Å². The number of aromatic nitrogens is 7. The third-order valence-corrected chi connectivity index (χ3v) is 10.0. The van der Waals surface area contributed by atoms with Crippen molar-refractivity contribution >= 4 is 59.7 Å². The van der Waals surface area contributed by atoms with E-state index in [9.17, 15) is 9.18 Å². The number of hydrogen-bond donors (Lipinski definition) is 5. The Morgan fingerprint density at radius 1 is 0.794 bits per heavy atom. The molecule has 0 saturated heterocycles. The first-order valence-corrected chi connectivity index (χ1v) is 25.1. The fourth-order valence-electron chi connectivity index (χ4n) is 5.75. The predicted molar refractivity (Wildman–Crippen MR) is 290 cm³/mol. The molecule has 13 nitrogen and oxygen atoms in total. The van der Waals surface area contributed by atoms with Gasteiger partial charge in [0.2, 0.25) is 17.8 Å². The Balaban J connectivity index is 0.00000105. The molecule has 0 saturated carbocycles. The highest BCUT2D eigenvalue weighted by molar-refractivity contribution is 7.14. The predicted octanol–water partition coefficient (Wildman–Crippen LogP) is 13.1. The highest BCUT2D eigenvalue weighted by atomic mass is 32.1. The third kappa shape index (κ3) is 24.0. The number of amides is 1. The van der Waals surface area contributed by atoms with E-state index >= 15 is 0 Å². The van der Waals surface area contributed by atoms with Crippen LogP contribution in [0.2, 0.25) is 0 Å². The summed E-state index contributed by atoms with van der Waals surface area (Å²) in [6.45, 7) is 32.3. The molecule has 374 valence electrons. The number of rotatable bonds is 18. The Morgan fingerprint density at radius 2 is 1.44 bits per heavy atom. The normalized spacial score (nSPS) is 10.2. The van der Waals surface area contributed by atoms with Crippen LogP contribution >= 0.6 is 11.3 Å². The molecule has 0 atom stereocenters. The Hall–Kier alpha value is -5.48. The average Bonchev–Trinajstić information content (AvgIpc) is 3.92. The molecule has 1 amide bonds. The van der Waals surface area contributed by atoms with Crippen molar-refractivity contribution in [2.24, 2.45) is 11.3 Å². The quantitative estimate of drug-likeness (QED) is 0.0411. The second kappa shape index (κ2) is 35.6. The number of unbranched alkanes of at least 4 members (excludes halogenated alkanes) is 2. The van der Waals surface area contributed by atoms with Gasteiger partial charge < -0.3 is 25.6 Å². The van der Waals surface area contributed by atoms with Gasteiger partial charge in [-0.3, -0.25) is 15.1 Å². The summed E-state index contributed by atoms with van der Waals surface area (Å²) in [5, 5.41) is 23.3. The van der Waals surface area contributed by atoms with Gasteiger partial charge in [0, 0.05) is 58.3 Å². The average molecular weight is 956 g/mol. The largest absolute Gasteiger partial charge is 0.396 e. The minimum Gasteiger partial charge on any atom is -0.396 e. The SMILES string of the molecule is CC.CC.CC.CC(C)(C)CCO.CCCCNc1nc(NCCC(C)C)nc(NCc2cccc(F)c2)n1.CCCCn1c(C)nc2cc(C(=O)Nc3nc(-c4ccccn4)cs3)ccc21.[BH]. The fourth-order valence-corrected chi connectivity index (χ4v) is 6.45. The molecule has 0 spiro atoms. The monoisotopic (exact) mass is 956 g/mol. The minimum atomic E-state index is -0.252. The number of hydrogen-bond acceptors (Lipinski definition) is 12. The molecule has 0 fully saturated rings. The number of nitrogens with one attached hydrogen (secondary N) is 4. The molecule has 4 aromatic heterocycles. The second-order valence-corrected chi connectivity index (χ2v) is 17.1. The van der Waals surface area contributed by atoms with Gasteiger partial charge in [-0.05, 0) is 92.0 Å². The van der Waals surface area contributed by atoms with Gasteiger partial charge >= 0.3 is 0 Å². The van der Waals surface area contributed by atoms with Gasteiger partial charge in [-0.1, -0.05) is 121 Å². The Morgan fingerprint density at radius 3 is 2.00 bits per heavy atom. The van der Waals surface area contributed by atoms with Crippen molar-refractivity contribution in [1.29, 1.82) is 0 Å². The number of aliphatic hydroxyl groups excluding tert-OH is 1. The van der Waals surface area contributed by atoms with Crippen LogP contribution in [0.5, 0.6) is 0 Å². The number of imidazole rings is 1. The number of fused-ring (bicyclic) bond motifs is 1. The summed E-state index contributed by atoms with van der Waals surface area (Å²) in [6.07, 6.45) is 8.05. The molecule has 6 aromatic rings. The van der Waals surface area contributed by atoms with E-state index in [0.29, 0.717) is 53.0 Å². The van der Waals surface area contributed by atoms with E-state index in [-0.39, 0.29) is 20.1 Å². The highest BCUT2D eigenvalue weighted by Crippen LogP contribution is 2.25. The number of thiazole rings is 1. The molecule has 2 radical (unpaired) electrons. The molecule has 0 aliphatic heterocycles. The fraction of sp³-hybridized carbons (Fsp3) is 0.519. The molecule has 5 N–H and O–H groups in total. The maximum absolute atomic E-state index is 13.3. The van der Waals surface area contributed by atoms with Gasteiger partial charge in [-0.25, -0.2) is 14.4 Å². The van der Waals surface area contributed by atoms with Crippen molar-refractivity contribution < 1.29 is 14.3 Å². The summed E-state index contributed by atoms with van der Waals surface area (Å²) in [5.41, 5.74) is 5.15. The van der Waals surface area contributed by atoms with Gasteiger partial charge in [0.1, 0.15) is 17.3 Å². The first kappa shape index (κ1) is 62.5. The van der Waals surface area contributed by atoms with Gasteiger partial charge in [-0.15, -0.1) is 11.3 Å². The van der Waals surface area contributed by atoms with E-state index in [4.69, 9.17) is 5.11 Å². The number of aliphatic hydroxyl groups is 1. The van der Waals surface area contributed by atoms with Gasteiger partial charge in [-0.2, -0.15) is 15.0 Å². The minimum absolute atomic E-state index is 0. The van der Waals surface area contributed by atoms with Crippen molar-refractivity contribution in [1.82, 2.24) is 34.5 Å². The lowest BCUT2D eigenvalue weighted by molar-refractivity contribution is 0.102. The Bertz CT molecular complexity index is 2230. The van der Waals surface area contributed by atoms with Crippen LogP contribution in [0.3, 0.4) is 0 Å². The zero-order valence-corrected chi connectivity index (χ0v) is 44.6. The van der Waals surface area contributed by atoms with Crippen LogP contribution in [0.25, 0.3) is 22.4 Å². The molecule has 4 heterocycles. The molecular weight excluding hydrogens is 873 g/mol. The van der Waals surface area contributed by atoms with Crippen LogP contribution in [0, 0.1) is 24.1 Å². The highest BCUT2D eigenvalue weighted by Gasteiger charge is 2.14. The zero-order chi connectivity index (χ0) is 50.2. The molecule has 68 heavy (non-hydrogen) atoms. The smallest absolute Gasteiger partial charge is 0.257 e. The number of carbonyl (C=O) groups is 1. The van der Waals surface area contributed by atoms with Crippen LogP contribution in [0.1, 0.15) is 150 Å². The summed E-state index contributed by atoms with van der Waals surface area (Å²) in [4.78, 5) is 39.3. The number of carbonyl (C=O) groups excluding carboxylic acids is 1. The van der Waals surface area contributed by atoms with Crippen molar-refractivity contribution in [2.75, 3.05) is 41.0 Å². The van der Waals surface area contributed by atoms with Crippen LogP contribution in [-0.2, 0) is 13.1 Å². The molecule has 2 aromatic carbocycles. The number of anilines is 4. The molecule has 0 aliphatic rings. The number of nitrogens with zero attached hydrogens (tertiary/aromatic N) is 7. The lowest BCUT2D eigenvalue weighted by Crippen LogP contribution is -2.14. The molecular formula is C52H83BFN11O2S. The standard InChI is InChI=1S/C21H21N5OS.C19H29FN6.C6H14O.3C2H6.BH/c1-3-4-11-26-14(2)23-17-12-15(8-9-19(17)26)20(27)25-21-24-18(13-28-21)16-7-5-6-10-22-16;1-4-5-10-21-17-24-18(22-11-9-14(2)3)26-19(25-17)23-13-15-7-6-8-16(20)12-15;1-6(2,3)4-5-7;3*1-2;/h5-10,12-13H,3-4,11H2,1-2H3,(H,24,25,27);6-8,12,14H,4-5,9-11,13H2,1-3H3,(H3,21,22,23,24,25,26);7H,4-5H2,1-3H3;3*1-2H3;1H. The molecule has 6 rings (SSSR count). The molecule has 0 bridgehead atoms. The van der Waals surface area contributed by atoms with Crippen LogP contribution in [0.15, 0.2) is 72.2 Å². The van der Waals surface area contributed by atoms with Crippen molar-refractivity contribution in [3.8, 4) is 11.4 Å². The van der Waals surface area contributed by atoms with E-state index < -0.39 is 0 Å². The van der Waals surface area contributed by atoms with Gasteiger partial charge in [0.05, 0.1) is 16.7 Å². The molecule has 16 heteroatoms. The topological polar surface area (TPSA) is 168 Å². The van der Waals surface area contributed by atoms with Crippen molar-refractivity contribution in [3.05, 3.63) is 95.0 Å². The van der Waals surface area contributed by atoms with E-state index in [1.54, 1.807) is 12.3 Å². The Kier molecular flexibility index (Phi) is 32.8. The van der Waals surface area contributed by atoms with E-state index in [1.807, 2.05) is 96.3 Å². The summed E-state index contributed by atoms with van der Waals surface area (Å²) < 4.78 is 15.5. The van der Waals surface area contributed by atoms with E-state index in [1.165, 1.54) is 23.5 Å². The summed E-state index contributed by atoms with van der Waals surface area (Å²) >= 11 is 1.38. The number of pyridine rings is 1.